The summed E-state index contributed by atoms with van der Waals surface area (Å²) in [7, 11) is 3.87. The van der Waals surface area contributed by atoms with Gasteiger partial charge in [-0.1, -0.05) is 18.2 Å². The Labute approximate surface area is 163 Å². The highest BCUT2D eigenvalue weighted by molar-refractivity contribution is 5.56. The zero-order valence-electron chi connectivity index (χ0n) is 17.3. The van der Waals surface area contributed by atoms with Crippen molar-refractivity contribution >= 4 is 0 Å². The van der Waals surface area contributed by atoms with Gasteiger partial charge in [-0.2, -0.15) is 0 Å². The molecule has 0 saturated carbocycles. The fourth-order valence-corrected chi connectivity index (χ4v) is 3.74. The van der Waals surface area contributed by atoms with E-state index < -0.39 is 0 Å². The molecule has 0 fully saturated rings. The average molecular weight is 370 g/mol. The number of hydrogen-bond acceptors (Lipinski definition) is 4. The molecule has 0 N–H and O–H groups in total. The summed E-state index contributed by atoms with van der Waals surface area (Å²) >= 11 is 0. The first-order valence-electron chi connectivity index (χ1n) is 9.70. The van der Waals surface area contributed by atoms with E-state index in [0.717, 1.165) is 30.3 Å². The molecule has 0 aromatic heterocycles. The molecule has 3 rings (SSSR count). The van der Waals surface area contributed by atoms with Crippen molar-refractivity contribution < 1.29 is 14.2 Å². The molecule has 0 amide bonds. The van der Waals surface area contributed by atoms with Crippen LogP contribution < -0.4 is 14.2 Å². The molecule has 1 aliphatic rings. The lowest BCUT2D eigenvalue weighted by Gasteiger charge is -2.35. The van der Waals surface area contributed by atoms with Gasteiger partial charge in [0.15, 0.2) is 11.5 Å². The molecule has 2 aromatic rings. The predicted octanol–water partition coefficient (Wildman–Crippen LogP) is 4.85. The van der Waals surface area contributed by atoms with E-state index in [0.29, 0.717) is 0 Å². The van der Waals surface area contributed by atoms with Gasteiger partial charge in [0, 0.05) is 24.6 Å². The van der Waals surface area contributed by atoms with Crippen LogP contribution in [0.3, 0.4) is 0 Å². The minimum atomic E-state index is 0.0903. The van der Waals surface area contributed by atoms with Crippen LogP contribution in [-0.4, -0.2) is 37.8 Å². The number of methoxy groups -OCH3 is 1. The van der Waals surface area contributed by atoms with Crippen molar-refractivity contribution in [3.05, 3.63) is 53.1 Å². The summed E-state index contributed by atoms with van der Waals surface area (Å²) in [5.74, 6) is 2.82. The van der Waals surface area contributed by atoms with E-state index in [2.05, 4.69) is 56.1 Å². The number of rotatable bonds is 6. The largest absolute Gasteiger partial charge is 0.493 e. The summed E-state index contributed by atoms with van der Waals surface area (Å²) in [4.78, 5) is 2.36. The van der Waals surface area contributed by atoms with Crippen molar-refractivity contribution in [3.63, 3.8) is 0 Å². The van der Waals surface area contributed by atoms with Crippen molar-refractivity contribution in [3.8, 4) is 17.2 Å². The predicted molar refractivity (Wildman–Crippen MR) is 109 cm³/mol. The molecule has 4 nitrogen and oxygen atoms in total. The summed E-state index contributed by atoms with van der Waals surface area (Å²) in [6.07, 6.45) is 0.264. The van der Waals surface area contributed by atoms with Crippen molar-refractivity contribution in [2.24, 2.45) is 0 Å². The second-order valence-corrected chi connectivity index (χ2v) is 7.82. The Morgan fingerprint density at radius 2 is 1.59 bits per heavy atom. The molecule has 4 heteroatoms. The standard InChI is InChI=1S/C23H31NO3/c1-15(2)26-19-10-7-17(8-11-19)20-14-24(5)13-18-9-12-21(25-6)23(22(18)20)27-16(3)4/h7-12,15-16,20H,13-14H2,1-6H3/t20-/m0/s1. The number of hydrogen-bond donors (Lipinski definition) is 0. The summed E-state index contributed by atoms with van der Waals surface area (Å²) < 4.78 is 17.7. The smallest absolute Gasteiger partial charge is 0.165 e. The van der Waals surface area contributed by atoms with E-state index in [1.165, 1.54) is 16.7 Å². The number of nitrogens with zero attached hydrogens (tertiary/aromatic N) is 1. The highest BCUT2D eigenvalue weighted by Gasteiger charge is 2.30. The summed E-state index contributed by atoms with van der Waals surface area (Å²) in [5.41, 5.74) is 3.81. The molecule has 2 aromatic carbocycles. The third kappa shape index (κ3) is 4.38. The van der Waals surface area contributed by atoms with Crippen LogP contribution in [0.4, 0.5) is 0 Å². The third-order valence-corrected chi connectivity index (χ3v) is 4.76. The fraction of sp³-hybridized carbons (Fsp3) is 0.478. The molecule has 1 aliphatic heterocycles. The highest BCUT2D eigenvalue weighted by atomic mass is 16.5. The maximum absolute atomic E-state index is 6.23. The van der Waals surface area contributed by atoms with Gasteiger partial charge in [-0.05, 0) is 64.1 Å². The minimum Gasteiger partial charge on any atom is -0.493 e. The average Bonchev–Trinajstić information content (AvgIpc) is 2.61. The highest BCUT2D eigenvalue weighted by Crippen LogP contribution is 2.44. The molecule has 0 bridgehead atoms. The molecule has 1 atom stereocenters. The Morgan fingerprint density at radius 3 is 2.19 bits per heavy atom. The molecule has 1 heterocycles. The lowest BCUT2D eigenvalue weighted by molar-refractivity contribution is 0.219. The fourth-order valence-electron chi connectivity index (χ4n) is 3.74. The van der Waals surface area contributed by atoms with Crippen molar-refractivity contribution in [1.29, 1.82) is 0 Å². The quantitative estimate of drug-likeness (QED) is 0.728. The van der Waals surface area contributed by atoms with Gasteiger partial charge in [-0.15, -0.1) is 0 Å². The molecule has 0 saturated heterocycles. The first-order valence-corrected chi connectivity index (χ1v) is 9.70. The Kier molecular flexibility index (Phi) is 5.95. The number of benzene rings is 2. The van der Waals surface area contributed by atoms with Crippen molar-refractivity contribution in [2.45, 2.75) is 52.4 Å². The molecule has 0 spiro atoms. The minimum absolute atomic E-state index is 0.0903. The number of ether oxygens (including phenoxy) is 3. The van der Waals surface area contributed by atoms with Crippen molar-refractivity contribution in [2.75, 3.05) is 20.7 Å². The van der Waals surface area contributed by atoms with Gasteiger partial charge in [-0.25, -0.2) is 0 Å². The Bertz CT molecular complexity index is 768. The molecule has 0 aliphatic carbocycles. The maximum atomic E-state index is 6.23. The number of fused-ring (bicyclic) bond motifs is 1. The summed E-state index contributed by atoms with van der Waals surface area (Å²) in [6.45, 7) is 10.1. The topological polar surface area (TPSA) is 30.9 Å². The zero-order valence-corrected chi connectivity index (χ0v) is 17.3. The van der Waals surface area contributed by atoms with Gasteiger partial charge < -0.3 is 19.1 Å². The van der Waals surface area contributed by atoms with Crippen molar-refractivity contribution in [1.82, 2.24) is 4.90 Å². The van der Waals surface area contributed by atoms with Gasteiger partial charge in [0.25, 0.3) is 0 Å². The lowest BCUT2D eigenvalue weighted by Crippen LogP contribution is -2.31. The molecule has 146 valence electrons. The van der Waals surface area contributed by atoms with E-state index in [9.17, 15) is 0 Å². The Balaban J connectivity index is 2.05. The first kappa shape index (κ1) is 19.6. The second kappa shape index (κ2) is 8.22. The Hall–Kier alpha value is -2.20. The van der Waals surface area contributed by atoms with E-state index in [1.807, 2.05) is 19.9 Å². The van der Waals surface area contributed by atoms with E-state index >= 15 is 0 Å². The van der Waals surface area contributed by atoms with E-state index in [1.54, 1.807) is 7.11 Å². The molecule has 0 radical (unpaired) electrons. The SMILES string of the molecule is COc1ccc2c(c1OC(C)C)[C@H](c1ccc(OC(C)C)cc1)CN(C)C2. The lowest BCUT2D eigenvalue weighted by atomic mass is 9.84. The van der Waals surface area contributed by atoms with E-state index in [4.69, 9.17) is 14.2 Å². The monoisotopic (exact) mass is 369 g/mol. The van der Waals surface area contributed by atoms with Crippen LogP contribution in [0.5, 0.6) is 17.2 Å². The third-order valence-electron chi connectivity index (χ3n) is 4.76. The molecular weight excluding hydrogens is 338 g/mol. The summed E-state index contributed by atoms with van der Waals surface area (Å²) in [5, 5.41) is 0. The molecule has 0 unspecified atom stereocenters. The first-order chi connectivity index (χ1) is 12.9. The van der Waals surface area contributed by atoms with Crippen LogP contribution >= 0.6 is 0 Å². The van der Waals surface area contributed by atoms with Crippen LogP contribution in [0.2, 0.25) is 0 Å². The van der Waals surface area contributed by atoms with Crippen LogP contribution in [0, 0.1) is 0 Å². The van der Waals surface area contributed by atoms with Gasteiger partial charge in [0.1, 0.15) is 5.75 Å². The summed E-state index contributed by atoms with van der Waals surface area (Å²) in [6, 6.07) is 12.7. The van der Waals surface area contributed by atoms with Gasteiger partial charge >= 0.3 is 0 Å². The second-order valence-electron chi connectivity index (χ2n) is 7.82. The van der Waals surface area contributed by atoms with Crippen LogP contribution in [0.1, 0.15) is 50.3 Å². The molecule has 27 heavy (non-hydrogen) atoms. The Morgan fingerprint density at radius 1 is 0.926 bits per heavy atom. The van der Waals surface area contributed by atoms with Crippen LogP contribution in [0.25, 0.3) is 0 Å². The zero-order chi connectivity index (χ0) is 19.6. The normalized spacial score (nSPS) is 17.1. The number of likely N-dealkylation sites (N-methyl/N-ethyl adjacent to an activating group) is 1. The van der Waals surface area contributed by atoms with Gasteiger partial charge in [0.2, 0.25) is 0 Å². The van der Waals surface area contributed by atoms with Crippen LogP contribution in [0.15, 0.2) is 36.4 Å². The van der Waals surface area contributed by atoms with Gasteiger partial charge in [-0.3, -0.25) is 0 Å². The van der Waals surface area contributed by atoms with Crippen LogP contribution in [-0.2, 0) is 6.54 Å². The van der Waals surface area contributed by atoms with E-state index in [-0.39, 0.29) is 18.1 Å². The van der Waals surface area contributed by atoms with Gasteiger partial charge in [0.05, 0.1) is 19.3 Å². The maximum Gasteiger partial charge on any atom is 0.165 e. The molecular formula is C23H31NO3.